The molecule has 0 saturated carbocycles. The van der Waals surface area contributed by atoms with Crippen LogP contribution in [0.2, 0.25) is 0 Å². The number of para-hydroxylation sites is 1. The van der Waals surface area contributed by atoms with E-state index in [2.05, 4.69) is 57.3 Å². The molecule has 0 aliphatic carbocycles. The van der Waals surface area contributed by atoms with E-state index in [-0.39, 0.29) is 0 Å². The normalized spacial score (nSPS) is 20.4. The first kappa shape index (κ1) is 12.2. The molecule has 0 amide bonds. The van der Waals surface area contributed by atoms with Gasteiger partial charge in [0, 0.05) is 23.1 Å². The van der Waals surface area contributed by atoms with Crippen molar-refractivity contribution in [2.75, 3.05) is 13.1 Å². The van der Waals surface area contributed by atoms with Crippen molar-refractivity contribution in [1.82, 2.24) is 9.88 Å². The third-order valence-corrected chi connectivity index (χ3v) is 4.58. The molecule has 0 spiro atoms. The fourth-order valence-electron chi connectivity index (χ4n) is 3.08. The van der Waals surface area contributed by atoms with E-state index in [1.165, 1.54) is 53.3 Å². The molecule has 1 fully saturated rings. The highest BCUT2D eigenvalue weighted by molar-refractivity contribution is 9.10. The summed E-state index contributed by atoms with van der Waals surface area (Å²) in [7, 11) is 2.13. The Bertz CT molecular complexity index is 553. The van der Waals surface area contributed by atoms with Crippen molar-refractivity contribution in [3.8, 4) is 0 Å². The minimum atomic E-state index is 0.790. The molecule has 96 valence electrons. The number of nitrogens with zero attached hydrogens (tertiary/aromatic N) is 1. The lowest BCUT2D eigenvalue weighted by Gasteiger charge is -2.23. The SMILES string of the molecule is Cn1cc(Br)c2cccc(CC3CCCNC3)c21. The Balaban J connectivity index is 1.95. The molecule has 2 heterocycles. The van der Waals surface area contributed by atoms with Crippen LogP contribution in [0.5, 0.6) is 0 Å². The van der Waals surface area contributed by atoms with Crippen LogP contribution in [-0.2, 0) is 13.5 Å². The molecule has 1 saturated heterocycles. The summed E-state index contributed by atoms with van der Waals surface area (Å²) in [6.07, 6.45) is 6.02. The van der Waals surface area contributed by atoms with Gasteiger partial charge in [0.05, 0.1) is 5.52 Å². The topological polar surface area (TPSA) is 17.0 Å². The van der Waals surface area contributed by atoms with Crippen LogP contribution < -0.4 is 5.32 Å². The van der Waals surface area contributed by atoms with Crippen LogP contribution in [0.1, 0.15) is 18.4 Å². The van der Waals surface area contributed by atoms with E-state index in [4.69, 9.17) is 0 Å². The van der Waals surface area contributed by atoms with Gasteiger partial charge in [-0.25, -0.2) is 0 Å². The van der Waals surface area contributed by atoms with Gasteiger partial charge in [0.2, 0.25) is 0 Å². The fraction of sp³-hybridized carbons (Fsp3) is 0.467. The van der Waals surface area contributed by atoms with E-state index in [1.54, 1.807) is 0 Å². The van der Waals surface area contributed by atoms with Crippen LogP contribution in [0.25, 0.3) is 10.9 Å². The highest BCUT2D eigenvalue weighted by Gasteiger charge is 2.16. The van der Waals surface area contributed by atoms with E-state index in [9.17, 15) is 0 Å². The number of halogens is 1. The van der Waals surface area contributed by atoms with Gasteiger partial charge in [-0.15, -0.1) is 0 Å². The van der Waals surface area contributed by atoms with Crippen LogP contribution in [0.4, 0.5) is 0 Å². The summed E-state index contributed by atoms with van der Waals surface area (Å²) in [5.74, 6) is 0.790. The highest BCUT2D eigenvalue weighted by atomic mass is 79.9. The molecule has 2 nitrogen and oxygen atoms in total. The third-order valence-electron chi connectivity index (χ3n) is 3.94. The van der Waals surface area contributed by atoms with Gasteiger partial charge in [0.15, 0.2) is 0 Å². The first-order valence-electron chi connectivity index (χ1n) is 6.69. The molecule has 1 aromatic carbocycles. The number of aromatic nitrogens is 1. The summed E-state index contributed by atoms with van der Waals surface area (Å²) >= 11 is 3.64. The van der Waals surface area contributed by atoms with E-state index in [0.717, 1.165) is 5.92 Å². The summed E-state index contributed by atoms with van der Waals surface area (Å²) in [6, 6.07) is 6.66. The summed E-state index contributed by atoms with van der Waals surface area (Å²) in [5.41, 5.74) is 2.87. The summed E-state index contributed by atoms with van der Waals surface area (Å²) in [6.45, 7) is 2.36. The van der Waals surface area contributed by atoms with Crippen molar-refractivity contribution in [2.45, 2.75) is 19.3 Å². The number of hydrogen-bond donors (Lipinski definition) is 1. The average molecular weight is 307 g/mol. The monoisotopic (exact) mass is 306 g/mol. The van der Waals surface area contributed by atoms with Crippen molar-refractivity contribution in [1.29, 1.82) is 0 Å². The Kier molecular flexibility index (Phi) is 3.44. The lowest BCUT2D eigenvalue weighted by Crippen LogP contribution is -2.30. The Morgan fingerprint density at radius 3 is 3.11 bits per heavy atom. The number of rotatable bonds is 2. The molecule has 0 bridgehead atoms. The number of hydrogen-bond acceptors (Lipinski definition) is 1. The summed E-state index contributed by atoms with van der Waals surface area (Å²) in [4.78, 5) is 0. The van der Waals surface area contributed by atoms with Crippen LogP contribution in [-0.4, -0.2) is 17.7 Å². The second-order valence-electron chi connectivity index (χ2n) is 5.32. The Morgan fingerprint density at radius 2 is 2.33 bits per heavy atom. The van der Waals surface area contributed by atoms with Gasteiger partial charge in [-0.05, 0) is 59.8 Å². The predicted octanol–water partition coefficient (Wildman–Crippen LogP) is 3.48. The smallest absolute Gasteiger partial charge is 0.0522 e. The Morgan fingerprint density at radius 1 is 1.44 bits per heavy atom. The molecule has 18 heavy (non-hydrogen) atoms. The van der Waals surface area contributed by atoms with Crippen LogP contribution in [0.3, 0.4) is 0 Å². The van der Waals surface area contributed by atoms with E-state index in [0.29, 0.717) is 0 Å². The van der Waals surface area contributed by atoms with Gasteiger partial charge in [0.1, 0.15) is 0 Å². The molecule has 3 rings (SSSR count). The Hall–Kier alpha value is -0.800. The fourth-order valence-corrected chi connectivity index (χ4v) is 3.71. The molecule has 1 atom stereocenters. The first-order chi connectivity index (χ1) is 8.75. The average Bonchev–Trinajstić information content (AvgIpc) is 2.67. The Labute approximate surface area is 116 Å². The zero-order valence-corrected chi connectivity index (χ0v) is 12.3. The quantitative estimate of drug-likeness (QED) is 0.899. The largest absolute Gasteiger partial charge is 0.349 e. The van der Waals surface area contributed by atoms with Crippen molar-refractivity contribution in [3.05, 3.63) is 34.4 Å². The first-order valence-corrected chi connectivity index (χ1v) is 7.48. The standard InChI is InChI=1S/C15H19BrN2/c1-18-10-14(16)13-6-2-5-12(15(13)18)8-11-4-3-7-17-9-11/h2,5-6,10-11,17H,3-4,7-9H2,1H3. The van der Waals surface area contributed by atoms with Crippen LogP contribution >= 0.6 is 15.9 Å². The van der Waals surface area contributed by atoms with Gasteiger partial charge in [-0.1, -0.05) is 18.2 Å². The molecule has 2 aromatic rings. The van der Waals surface area contributed by atoms with Gasteiger partial charge < -0.3 is 9.88 Å². The van der Waals surface area contributed by atoms with Gasteiger partial charge in [-0.3, -0.25) is 0 Å². The molecule has 3 heteroatoms. The molecule has 1 aliphatic heterocycles. The molecule has 1 aliphatic rings. The van der Waals surface area contributed by atoms with Crippen molar-refractivity contribution in [2.24, 2.45) is 13.0 Å². The zero-order valence-electron chi connectivity index (χ0n) is 10.7. The zero-order chi connectivity index (χ0) is 12.5. The predicted molar refractivity (Wildman–Crippen MR) is 79.9 cm³/mol. The number of nitrogens with one attached hydrogen (secondary N) is 1. The maximum atomic E-state index is 3.64. The molecule has 0 radical (unpaired) electrons. The third kappa shape index (κ3) is 2.21. The van der Waals surface area contributed by atoms with Crippen LogP contribution in [0, 0.1) is 5.92 Å². The number of piperidine rings is 1. The molecular weight excluding hydrogens is 288 g/mol. The van der Waals surface area contributed by atoms with Crippen LogP contribution in [0.15, 0.2) is 28.9 Å². The molecule has 1 unspecified atom stereocenters. The van der Waals surface area contributed by atoms with Crippen molar-refractivity contribution < 1.29 is 0 Å². The second-order valence-corrected chi connectivity index (χ2v) is 6.17. The summed E-state index contributed by atoms with van der Waals surface area (Å²) < 4.78 is 3.44. The number of fused-ring (bicyclic) bond motifs is 1. The van der Waals surface area contributed by atoms with Gasteiger partial charge >= 0.3 is 0 Å². The minimum absolute atomic E-state index is 0.790. The lowest BCUT2D eigenvalue weighted by atomic mass is 9.91. The maximum absolute atomic E-state index is 3.64. The molecular formula is C15H19BrN2. The second kappa shape index (κ2) is 5.06. The maximum Gasteiger partial charge on any atom is 0.0522 e. The van der Waals surface area contributed by atoms with Crippen molar-refractivity contribution in [3.63, 3.8) is 0 Å². The number of aryl methyl sites for hydroxylation is 1. The van der Waals surface area contributed by atoms with E-state index in [1.807, 2.05) is 0 Å². The molecule has 1 aromatic heterocycles. The minimum Gasteiger partial charge on any atom is -0.349 e. The van der Waals surface area contributed by atoms with E-state index < -0.39 is 0 Å². The lowest BCUT2D eigenvalue weighted by molar-refractivity contribution is 0.376. The highest BCUT2D eigenvalue weighted by Crippen LogP contribution is 2.30. The van der Waals surface area contributed by atoms with Crippen molar-refractivity contribution >= 4 is 26.8 Å². The molecule has 1 N–H and O–H groups in total. The number of benzene rings is 1. The summed E-state index contributed by atoms with van der Waals surface area (Å²) in [5, 5.41) is 4.84. The van der Waals surface area contributed by atoms with Gasteiger partial charge in [0.25, 0.3) is 0 Å². The van der Waals surface area contributed by atoms with Gasteiger partial charge in [-0.2, -0.15) is 0 Å². The van der Waals surface area contributed by atoms with E-state index >= 15 is 0 Å².